The summed E-state index contributed by atoms with van der Waals surface area (Å²) in [5, 5.41) is -0.398. The second kappa shape index (κ2) is 9.44. The van der Waals surface area contributed by atoms with Crippen LogP contribution in [-0.2, 0) is 9.53 Å². The Balaban J connectivity index is 4.02. The third kappa shape index (κ3) is 7.64. The number of hydrogen-bond acceptors (Lipinski definition) is 3. The fraction of sp³-hybridized carbons (Fsp3) is 0.917. The van der Waals surface area contributed by atoms with E-state index in [4.69, 9.17) is 0 Å². The van der Waals surface area contributed by atoms with Gasteiger partial charge >= 0.3 is 18.3 Å². The van der Waals surface area contributed by atoms with Crippen LogP contribution in [0.2, 0.25) is 0 Å². The Morgan fingerprint density at radius 3 is 2.42 bits per heavy atom. The molecular weight excluding hydrogens is 284 g/mol. The lowest BCUT2D eigenvalue weighted by Gasteiger charge is -2.16. The lowest BCUT2D eigenvalue weighted by Crippen LogP contribution is -2.26. The molecule has 0 bridgehead atoms. The molecule has 0 aromatic rings. The third-order valence-corrected chi connectivity index (χ3v) is 3.93. The molecule has 0 amide bonds. The van der Waals surface area contributed by atoms with Gasteiger partial charge in [-0.05, 0) is 18.6 Å². The Morgan fingerprint density at radius 2 is 1.95 bits per heavy atom. The van der Waals surface area contributed by atoms with Crippen LogP contribution in [0.4, 0.5) is 17.6 Å². The van der Waals surface area contributed by atoms with E-state index in [1.54, 1.807) is 0 Å². The summed E-state index contributed by atoms with van der Waals surface area (Å²) >= 11 is 1.19. The van der Waals surface area contributed by atoms with Crippen molar-refractivity contribution in [3.63, 3.8) is 0 Å². The van der Waals surface area contributed by atoms with Crippen LogP contribution in [-0.4, -0.2) is 36.4 Å². The van der Waals surface area contributed by atoms with Crippen molar-refractivity contribution in [2.75, 3.05) is 12.9 Å². The number of methoxy groups -OCH3 is 1. The summed E-state index contributed by atoms with van der Waals surface area (Å²) in [5.41, 5.74) is 0. The van der Waals surface area contributed by atoms with Gasteiger partial charge in [0.25, 0.3) is 0 Å². The topological polar surface area (TPSA) is 26.3 Å². The van der Waals surface area contributed by atoms with Gasteiger partial charge < -0.3 is 4.74 Å². The Kier molecular flexibility index (Phi) is 9.22. The lowest BCUT2D eigenvalue weighted by molar-refractivity contribution is -0.140. The molecule has 0 aromatic carbocycles. The van der Waals surface area contributed by atoms with Crippen molar-refractivity contribution in [1.82, 2.24) is 0 Å². The molecule has 0 aromatic heterocycles. The Hall–Kier alpha value is -0.460. The van der Waals surface area contributed by atoms with Crippen LogP contribution in [0.3, 0.4) is 0 Å². The van der Waals surface area contributed by atoms with Gasteiger partial charge in [-0.3, -0.25) is 4.79 Å². The molecule has 7 heteroatoms. The van der Waals surface area contributed by atoms with Gasteiger partial charge in [0.05, 0.1) is 7.11 Å². The predicted octanol–water partition coefficient (Wildman–Crippen LogP) is 4.13. The van der Waals surface area contributed by atoms with Crippen LogP contribution < -0.4 is 0 Å². The minimum Gasteiger partial charge on any atom is -0.468 e. The van der Waals surface area contributed by atoms with E-state index in [-0.39, 0.29) is 18.1 Å². The molecule has 0 spiro atoms. The first-order valence-electron chi connectivity index (χ1n) is 6.20. The summed E-state index contributed by atoms with van der Waals surface area (Å²) in [6.45, 7) is 1.97. The van der Waals surface area contributed by atoms with Crippen molar-refractivity contribution in [2.24, 2.45) is 0 Å². The molecule has 0 fully saturated rings. The largest absolute Gasteiger partial charge is 0.468 e. The molecule has 0 radical (unpaired) electrons. The number of ether oxygens (including phenoxy) is 1. The molecule has 0 saturated heterocycles. The van der Waals surface area contributed by atoms with Gasteiger partial charge in [-0.15, -0.1) is 11.8 Å². The SMILES string of the molecule is CCCCC(SCCCC(F)(F)C(F)F)C(=O)OC. The molecule has 0 N–H and O–H groups in total. The molecule has 19 heavy (non-hydrogen) atoms. The number of esters is 1. The van der Waals surface area contributed by atoms with E-state index in [9.17, 15) is 22.4 Å². The first-order chi connectivity index (χ1) is 8.85. The minimum atomic E-state index is -3.94. The zero-order valence-electron chi connectivity index (χ0n) is 11.1. The number of thioether (sulfide) groups is 1. The zero-order valence-corrected chi connectivity index (χ0v) is 12.0. The van der Waals surface area contributed by atoms with Crippen LogP contribution in [0.5, 0.6) is 0 Å². The summed E-state index contributed by atoms with van der Waals surface area (Å²) in [5.74, 6) is -4.09. The Bertz CT molecular complexity index is 262. The minimum absolute atomic E-state index is 0.0539. The number of carbonyl (C=O) groups is 1. The summed E-state index contributed by atoms with van der Waals surface area (Å²) in [4.78, 5) is 11.4. The van der Waals surface area contributed by atoms with E-state index in [1.165, 1.54) is 18.9 Å². The number of halogens is 4. The molecule has 1 unspecified atom stereocenters. The Morgan fingerprint density at radius 1 is 1.32 bits per heavy atom. The first kappa shape index (κ1) is 18.5. The summed E-state index contributed by atoms with van der Waals surface area (Å²) < 4.78 is 53.7. The highest BCUT2D eigenvalue weighted by Gasteiger charge is 2.39. The maximum absolute atomic E-state index is 12.6. The summed E-state index contributed by atoms with van der Waals surface area (Å²) in [6.07, 6.45) is -2.19. The van der Waals surface area contributed by atoms with E-state index >= 15 is 0 Å². The summed E-state index contributed by atoms with van der Waals surface area (Å²) in [6, 6.07) is 0. The number of hydrogen-bond donors (Lipinski definition) is 0. The number of rotatable bonds is 10. The standard InChI is InChI=1S/C12H20F4O2S/c1-3-4-6-9(10(17)18-2)19-8-5-7-12(15,16)11(13)14/h9,11H,3-8H2,1-2H3. The smallest absolute Gasteiger partial charge is 0.318 e. The van der Waals surface area contributed by atoms with Gasteiger partial charge in [-0.2, -0.15) is 0 Å². The molecule has 2 nitrogen and oxygen atoms in total. The van der Waals surface area contributed by atoms with Crippen molar-refractivity contribution < 1.29 is 27.1 Å². The molecule has 0 aliphatic heterocycles. The van der Waals surface area contributed by atoms with Gasteiger partial charge in [-0.25, -0.2) is 17.6 Å². The van der Waals surface area contributed by atoms with Gasteiger partial charge in [0.15, 0.2) is 0 Å². The van der Waals surface area contributed by atoms with Crippen molar-refractivity contribution in [2.45, 2.75) is 56.6 Å². The van der Waals surface area contributed by atoms with Crippen molar-refractivity contribution in [3.05, 3.63) is 0 Å². The van der Waals surface area contributed by atoms with Crippen LogP contribution >= 0.6 is 11.8 Å². The molecule has 1 atom stereocenters. The van der Waals surface area contributed by atoms with Crippen molar-refractivity contribution in [1.29, 1.82) is 0 Å². The Labute approximate surface area is 115 Å². The third-order valence-electron chi connectivity index (χ3n) is 2.58. The van der Waals surface area contributed by atoms with Crippen LogP contribution in [0.15, 0.2) is 0 Å². The average molecular weight is 304 g/mol. The van der Waals surface area contributed by atoms with E-state index in [0.29, 0.717) is 6.42 Å². The maximum Gasteiger partial charge on any atom is 0.318 e. The molecule has 0 heterocycles. The van der Waals surface area contributed by atoms with Crippen molar-refractivity contribution >= 4 is 17.7 Å². The maximum atomic E-state index is 12.6. The lowest BCUT2D eigenvalue weighted by atomic mass is 10.2. The monoisotopic (exact) mass is 304 g/mol. The van der Waals surface area contributed by atoms with Crippen LogP contribution in [0, 0.1) is 0 Å². The molecule has 0 rings (SSSR count). The highest BCUT2D eigenvalue weighted by Crippen LogP contribution is 2.29. The zero-order chi connectivity index (χ0) is 14.9. The van der Waals surface area contributed by atoms with Gasteiger partial charge in [0.1, 0.15) is 5.25 Å². The van der Waals surface area contributed by atoms with Crippen LogP contribution in [0.1, 0.15) is 39.0 Å². The number of carbonyl (C=O) groups excluding carboxylic acids is 1. The molecule has 0 saturated carbocycles. The normalized spacial score (nSPS) is 13.6. The molecular formula is C12H20F4O2S. The fourth-order valence-electron chi connectivity index (χ4n) is 1.43. The quantitative estimate of drug-likeness (QED) is 0.345. The second-order valence-corrected chi connectivity index (χ2v) is 5.50. The van der Waals surface area contributed by atoms with Gasteiger partial charge in [0.2, 0.25) is 0 Å². The van der Waals surface area contributed by atoms with Crippen molar-refractivity contribution in [3.8, 4) is 0 Å². The first-order valence-corrected chi connectivity index (χ1v) is 7.25. The number of alkyl halides is 4. The van der Waals surface area contributed by atoms with E-state index in [0.717, 1.165) is 12.8 Å². The van der Waals surface area contributed by atoms with Gasteiger partial charge in [-0.1, -0.05) is 19.8 Å². The summed E-state index contributed by atoms with van der Waals surface area (Å²) in [7, 11) is 1.27. The van der Waals surface area contributed by atoms with Crippen LogP contribution in [0.25, 0.3) is 0 Å². The molecule has 0 aliphatic rings. The average Bonchev–Trinajstić information content (AvgIpc) is 2.36. The second-order valence-electron chi connectivity index (χ2n) is 4.19. The van der Waals surface area contributed by atoms with E-state index in [1.807, 2.05) is 6.92 Å². The highest BCUT2D eigenvalue weighted by atomic mass is 32.2. The molecule has 0 aliphatic carbocycles. The highest BCUT2D eigenvalue weighted by molar-refractivity contribution is 8.00. The van der Waals surface area contributed by atoms with E-state index in [2.05, 4.69) is 4.74 Å². The van der Waals surface area contributed by atoms with Gasteiger partial charge in [0, 0.05) is 6.42 Å². The molecule has 114 valence electrons. The fourth-order valence-corrected chi connectivity index (χ4v) is 2.59. The number of unbranched alkanes of at least 4 members (excludes halogenated alkanes) is 1. The van der Waals surface area contributed by atoms with E-state index < -0.39 is 24.0 Å². The predicted molar refractivity (Wildman–Crippen MR) is 68.0 cm³/mol.